The Morgan fingerprint density at radius 1 is 0.833 bits per heavy atom. The van der Waals surface area contributed by atoms with Crippen LogP contribution in [0.4, 0.5) is 0 Å². The van der Waals surface area contributed by atoms with E-state index in [2.05, 4.69) is 13.5 Å². The summed E-state index contributed by atoms with van der Waals surface area (Å²) in [7, 11) is 0. The molecule has 0 aromatic rings. The molecule has 0 radical (unpaired) electrons. The fourth-order valence-corrected chi connectivity index (χ4v) is 3.86. The number of hydrogen-bond acceptors (Lipinski definition) is 3. The van der Waals surface area contributed by atoms with Gasteiger partial charge in [0, 0.05) is 12.0 Å². The first-order valence-corrected chi connectivity index (χ1v) is 12.3. The van der Waals surface area contributed by atoms with Crippen LogP contribution in [0.1, 0.15) is 124 Å². The van der Waals surface area contributed by atoms with Crippen molar-refractivity contribution in [2.75, 3.05) is 0 Å². The van der Waals surface area contributed by atoms with Crippen molar-refractivity contribution >= 4 is 11.9 Å². The molecule has 0 aliphatic heterocycles. The zero-order valence-corrected chi connectivity index (χ0v) is 20.0. The monoisotopic (exact) mass is 421 g/mol. The molecule has 0 fully saturated rings. The molecule has 0 saturated carbocycles. The SMILES string of the molecule is C=CC(=O)OC(=C(CC)C(N)=O)C(C)CCCCCCCCCCCCCCCC. The van der Waals surface area contributed by atoms with Crippen LogP contribution in [-0.4, -0.2) is 11.9 Å². The van der Waals surface area contributed by atoms with Gasteiger partial charge in [0.25, 0.3) is 0 Å². The number of allylic oxidation sites excluding steroid dienone is 1. The van der Waals surface area contributed by atoms with Crippen molar-refractivity contribution in [2.45, 2.75) is 124 Å². The molecular weight excluding hydrogens is 374 g/mol. The van der Waals surface area contributed by atoms with Gasteiger partial charge in [0.05, 0.1) is 5.57 Å². The summed E-state index contributed by atoms with van der Waals surface area (Å²) in [6.45, 7) is 9.54. The summed E-state index contributed by atoms with van der Waals surface area (Å²) in [5.74, 6) is -0.638. The van der Waals surface area contributed by atoms with E-state index >= 15 is 0 Å². The lowest BCUT2D eigenvalue weighted by atomic mass is 9.95. The van der Waals surface area contributed by atoms with Gasteiger partial charge in [0.15, 0.2) is 0 Å². The van der Waals surface area contributed by atoms with Gasteiger partial charge in [0.1, 0.15) is 5.76 Å². The van der Waals surface area contributed by atoms with Crippen molar-refractivity contribution in [3.05, 3.63) is 24.0 Å². The molecule has 0 aromatic carbocycles. The highest BCUT2D eigenvalue weighted by molar-refractivity contribution is 5.93. The van der Waals surface area contributed by atoms with Crippen LogP contribution in [-0.2, 0) is 14.3 Å². The number of nitrogens with two attached hydrogens (primary N) is 1. The number of carbonyl (C=O) groups excluding carboxylic acids is 2. The fourth-order valence-electron chi connectivity index (χ4n) is 3.86. The van der Waals surface area contributed by atoms with E-state index in [4.69, 9.17) is 10.5 Å². The number of ether oxygens (including phenoxy) is 1. The van der Waals surface area contributed by atoms with Gasteiger partial charge < -0.3 is 10.5 Å². The maximum Gasteiger partial charge on any atom is 0.335 e. The highest BCUT2D eigenvalue weighted by atomic mass is 16.5. The highest BCUT2D eigenvalue weighted by Crippen LogP contribution is 2.25. The first kappa shape index (κ1) is 28.4. The average molecular weight is 422 g/mol. The van der Waals surface area contributed by atoms with E-state index in [1.165, 1.54) is 83.5 Å². The number of carbonyl (C=O) groups is 2. The Morgan fingerprint density at radius 2 is 1.27 bits per heavy atom. The number of primary amides is 1. The van der Waals surface area contributed by atoms with Gasteiger partial charge in [-0.3, -0.25) is 4.79 Å². The largest absolute Gasteiger partial charge is 0.427 e. The van der Waals surface area contributed by atoms with Gasteiger partial charge in [-0.05, 0) is 12.8 Å². The van der Waals surface area contributed by atoms with Gasteiger partial charge in [-0.25, -0.2) is 4.79 Å². The molecule has 0 aliphatic carbocycles. The molecule has 174 valence electrons. The topological polar surface area (TPSA) is 69.4 Å². The second kappa shape index (κ2) is 19.4. The summed E-state index contributed by atoms with van der Waals surface area (Å²) in [5.41, 5.74) is 5.88. The molecule has 0 bridgehead atoms. The van der Waals surface area contributed by atoms with Crippen LogP contribution >= 0.6 is 0 Å². The number of unbranched alkanes of at least 4 members (excludes halogenated alkanes) is 13. The molecule has 0 heterocycles. The molecular formula is C26H47NO3. The van der Waals surface area contributed by atoms with Crippen molar-refractivity contribution in [1.82, 2.24) is 0 Å². The summed E-state index contributed by atoms with van der Waals surface area (Å²) in [4.78, 5) is 23.3. The van der Waals surface area contributed by atoms with E-state index < -0.39 is 11.9 Å². The van der Waals surface area contributed by atoms with E-state index in [0.717, 1.165) is 18.9 Å². The maximum atomic E-state index is 11.7. The van der Waals surface area contributed by atoms with E-state index in [1.807, 2.05) is 13.8 Å². The molecule has 0 aliphatic rings. The predicted octanol–water partition coefficient (Wildman–Crippen LogP) is 7.37. The molecule has 30 heavy (non-hydrogen) atoms. The van der Waals surface area contributed by atoms with E-state index in [-0.39, 0.29) is 5.92 Å². The number of esters is 1. The Morgan fingerprint density at radius 3 is 1.63 bits per heavy atom. The number of hydrogen-bond donors (Lipinski definition) is 1. The third-order valence-electron chi connectivity index (χ3n) is 5.76. The molecule has 0 rings (SSSR count). The van der Waals surface area contributed by atoms with Crippen LogP contribution in [0.15, 0.2) is 24.0 Å². The smallest absolute Gasteiger partial charge is 0.335 e. The van der Waals surface area contributed by atoms with Gasteiger partial charge in [0.2, 0.25) is 5.91 Å². The Balaban J connectivity index is 3.95. The number of rotatable bonds is 20. The van der Waals surface area contributed by atoms with E-state index in [9.17, 15) is 9.59 Å². The summed E-state index contributed by atoms with van der Waals surface area (Å²) >= 11 is 0. The first-order valence-electron chi connectivity index (χ1n) is 12.3. The lowest BCUT2D eigenvalue weighted by Crippen LogP contribution is -2.20. The van der Waals surface area contributed by atoms with E-state index in [0.29, 0.717) is 17.8 Å². The highest BCUT2D eigenvalue weighted by Gasteiger charge is 2.20. The second-order valence-corrected chi connectivity index (χ2v) is 8.47. The van der Waals surface area contributed by atoms with Gasteiger partial charge in [-0.2, -0.15) is 0 Å². The molecule has 4 heteroatoms. The van der Waals surface area contributed by atoms with Gasteiger partial charge in [-0.1, -0.05) is 117 Å². The van der Waals surface area contributed by atoms with Crippen LogP contribution < -0.4 is 5.73 Å². The van der Waals surface area contributed by atoms with Gasteiger partial charge in [-0.15, -0.1) is 0 Å². The molecule has 1 amide bonds. The summed E-state index contributed by atoms with van der Waals surface area (Å²) in [6.07, 6.45) is 21.0. The third-order valence-corrected chi connectivity index (χ3v) is 5.76. The van der Waals surface area contributed by atoms with Crippen molar-refractivity contribution in [3.8, 4) is 0 Å². The summed E-state index contributed by atoms with van der Waals surface area (Å²) < 4.78 is 5.37. The first-order chi connectivity index (χ1) is 14.5. The van der Waals surface area contributed by atoms with Crippen LogP contribution in [0.3, 0.4) is 0 Å². The van der Waals surface area contributed by atoms with Gasteiger partial charge >= 0.3 is 5.97 Å². The molecule has 1 unspecified atom stereocenters. The third kappa shape index (κ3) is 14.4. The lowest BCUT2D eigenvalue weighted by Gasteiger charge is -2.18. The predicted molar refractivity (Wildman–Crippen MR) is 127 cm³/mol. The zero-order valence-electron chi connectivity index (χ0n) is 20.0. The molecule has 0 saturated heterocycles. The normalized spacial score (nSPS) is 12.9. The van der Waals surface area contributed by atoms with Crippen LogP contribution in [0.2, 0.25) is 0 Å². The molecule has 1 atom stereocenters. The number of amides is 1. The Bertz CT molecular complexity index is 510. The quantitative estimate of drug-likeness (QED) is 0.0965. The molecule has 4 nitrogen and oxygen atoms in total. The maximum absolute atomic E-state index is 11.7. The Kier molecular flexibility index (Phi) is 18.4. The lowest BCUT2D eigenvalue weighted by molar-refractivity contribution is -0.134. The summed E-state index contributed by atoms with van der Waals surface area (Å²) in [6, 6.07) is 0. The Labute approximate surface area is 185 Å². The average Bonchev–Trinajstić information content (AvgIpc) is 2.73. The molecule has 0 aromatic heterocycles. The van der Waals surface area contributed by atoms with Crippen molar-refractivity contribution < 1.29 is 14.3 Å². The van der Waals surface area contributed by atoms with Crippen LogP contribution in [0, 0.1) is 5.92 Å². The van der Waals surface area contributed by atoms with Crippen molar-refractivity contribution in [1.29, 1.82) is 0 Å². The Hall–Kier alpha value is -1.58. The summed E-state index contributed by atoms with van der Waals surface area (Å²) in [5, 5.41) is 0. The second-order valence-electron chi connectivity index (χ2n) is 8.47. The van der Waals surface area contributed by atoms with Crippen LogP contribution in [0.5, 0.6) is 0 Å². The van der Waals surface area contributed by atoms with Crippen molar-refractivity contribution in [2.24, 2.45) is 11.7 Å². The van der Waals surface area contributed by atoms with Crippen LogP contribution in [0.25, 0.3) is 0 Å². The minimum atomic E-state index is -0.537. The zero-order chi connectivity index (χ0) is 22.6. The molecule has 0 spiro atoms. The fraction of sp³-hybridized carbons (Fsp3) is 0.769. The van der Waals surface area contributed by atoms with Crippen molar-refractivity contribution in [3.63, 3.8) is 0 Å². The minimum Gasteiger partial charge on any atom is -0.427 e. The van der Waals surface area contributed by atoms with E-state index in [1.54, 1.807) is 0 Å². The minimum absolute atomic E-state index is 0.00586. The molecule has 2 N–H and O–H groups in total. The standard InChI is InChI=1S/C26H47NO3/c1-5-8-9-10-11-12-13-14-15-16-17-18-19-20-21-22(4)25(30-24(28)7-3)23(6-2)26(27)29/h7,22H,3,5-6,8-21H2,1-2,4H3,(H2,27,29).